The maximum atomic E-state index is 14.6. The highest BCUT2D eigenvalue weighted by atomic mass is 19.4. The summed E-state index contributed by atoms with van der Waals surface area (Å²) < 4.78 is 53.9. The van der Waals surface area contributed by atoms with E-state index in [2.05, 4.69) is 4.98 Å². The molecule has 0 atom stereocenters. The Bertz CT molecular complexity index is 992. The molecule has 142 valence electrons. The second kappa shape index (κ2) is 6.64. The quantitative estimate of drug-likeness (QED) is 0.370. The van der Waals surface area contributed by atoms with Crippen LogP contribution in [0.1, 0.15) is 35.2 Å². The van der Waals surface area contributed by atoms with Crippen molar-refractivity contribution in [2.75, 3.05) is 5.73 Å². The number of hydrogen-bond acceptors (Lipinski definition) is 5. The molecule has 9 heteroatoms. The molecular weight excluding hydrogens is 362 g/mol. The van der Waals surface area contributed by atoms with E-state index in [-0.39, 0.29) is 22.5 Å². The summed E-state index contributed by atoms with van der Waals surface area (Å²) in [5.41, 5.74) is 10.2. The third-order valence-corrected chi connectivity index (χ3v) is 4.72. The first-order valence-corrected chi connectivity index (χ1v) is 8.23. The number of nitrogen functional groups attached to an aromatic ring is 1. The molecule has 0 unspecified atom stereocenters. The fourth-order valence-electron chi connectivity index (χ4n) is 3.52. The van der Waals surface area contributed by atoms with E-state index in [1.54, 1.807) is 0 Å². The van der Waals surface area contributed by atoms with E-state index in [0.717, 1.165) is 25.1 Å². The molecule has 6 N–H and O–H groups in total. The van der Waals surface area contributed by atoms with Crippen LogP contribution in [-0.4, -0.2) is 23.1 Å². The Morgan fingerprint density at radius 1 is 1.19 bits per heavy atom. The highest BCUT2D eigenvalue weighted by Crippen LogP contribution is 2.38. The lowest BCUT2D eigenvalue weighted by atomic mass is 9.84. The van der Waals surface area contributed by atoms with E-state index in [9.17, 15) is 17.6 Å². The van der Waals surface area contributed by atoms with E-state index in [0.29, 0.717) is 35.6 Å². The van der Waals surface area contributed by atoms with Crippen molar-refractivity contribution in [3.05, 3.63) is 40.5 Å². The summed E-state index contributed by atoms with van der Waals surface area (Å²) in [6.07, 6.45) is -0.849. The van der Waals surface area contributed by atoms with Crippen LogP contribution in [0.15, 0.2) is 12.3 Å². The molecule has 27 heavy (non-hydrogen) atoms. The van der Waals surface area contributed by atoms with Gasteiger partial charge in [-0.15, -0.1) is 0 Å². The Labute approximate surface area is 152 Å². The number of alkyl halides is 3. The van der Waals surface area contributed by atoms with Crippen LogP contribution in [0.25, 0.3) is 16.5 Å². The topological polar surface area (TPSA) is 113 Å². The number of halogens is 4. The molecule has 0 spiro atoms. The zero-order valence-corrected chi connectivity index (χ0v) is 14.2. The van der Waals surface area contributed by atoms with Crippen LogP contribution in [-0.2, 0) is 12.8 Å². The number of aromatic nitrogens is 1. The van der Waals surface area contributed by atoms with Gasteiger partial charge in [0.05, 0.1) is 5.69 Å². The van der Waals surface area contributed by atoms with Gasteiger partial charge in [0, 0.05) is 34.6 Å². The van der Waals surface area contributed by atoms with Gasteiger partial charge in [-0.2, -0.15) is 13.2 Å². The smallest absolute Gasteiger partial charge is 0.404 e. The van der Waals surface area contributed by atoms with E-state index < -0.39 is 23.3 Å². The van der Waals surface area contributed by atoms with E-state index >= 15 is 0 Å². The first-order valence-electron chi connectivity index (χ1n) is 8.23. The van der Waals surface area contributed by atoms with Gasteiger partial charge in [-0.25, -0.2) is 9.37 Å². The molecule has 0 aliphatic heterocycles. The standard InChI is InChI=1S/C18H17F4N5/c19-12-5-13(25)10(6-23)14-8-3-1-2-4-9(8)15(27-16(12)14)11(7-24)17(26)18(20,21)22/h5-7,23,26H,1-4,24-25H2/b11-7-,23-6?,26-17?. The van der Waals surface area contributed by atoms with Crippen molar-refractivity contribution in [2.24, 2.45) is 5.73 Å². The van der Waals surface area contributed by atoms with Crippen molar-refractivity contribution in [2.45, 2.75) is 31.9 Å². The van der Waals surface area contributed by atoms with E-state index in [1.807, 2.05) is 0 Å². The lowest BCUT2D eigenvalue weighted by molar-refractivity contribution is -0.0578. The van der Waals surface area contributed by atoms with E-state index in [4.69, 9.17) is 22.3 Å². The van der Waals surface area contributed by atoms with Crippen molar-refractivity contribution >= 4 is 34.1 Å². The number of rotatable bonds is 3. The van der Waals surface area contributed by atoms with Crippen molar-refractivity contribution in [1.82, 2.24) is 4.98 Å². The molecule has 0 amide bonds. The third kappa shape index (κ3) is 3.02. The predicted molar refractivity (Wildman–Crippen MR) is 96.6 cm³/mol. The number of benzene rings is 1. The van der Waals surface area contributed by atoms with Crippen LogP contribution in [0, 0.1) is 16.6 Å². The molecule has 0 saturated carbocycles. The summed E-state index contributed by atoms with van der Waals surface area (Å²) in [5, 5.41) is 15.4. The Morgan fingerprint density at radius 3 is 2.37 bits per heavy atom. The fraction of sp³-hybridized carbons (Fsp3) is 0.278. The summed E-state index contributed by atoms with van der Waals surface area (Å²) in [7, 11) is 0. The Hall–Kier alpha value is -2.97. The minimum Gasteiger partial charge on any atom is -0.404 e. The average molecular weight is 379 g/mol. The van der Waals surface area contributed by atoms with Gasteiger partial charge in [-0.3, -0.25) is 5.41 Å². The van der Waals surface area contributed by atoms with Crippen LogP contribution in [0.3, 0.4) is 0 Å². The maximum absolute atomic E-state index is 14.6. The van der Waals surface area contributed by atoms with Crippen LogP contribution in [0.4, 0.5) is 23.2 Å². The Kier molecular flexibility index (Phi) is 4.63. The number of pyridine rings is 1. The number of fused-ring (bicyclic) bond motifs is 3. The van der Waals surface area contributed by atoms with Gasteiger partial charge in [0.2, 0.25) is 0 Å². The molecule has 1 aliphatic carbocycles. The van der Waals surface area contributed by atoms with Crippen LogP contribution in [0.2, 0.25) is 0 Å². The normalized spacial score (nSPS) is 14.9. The zero-order valence-electron chi connectivity index (χ0n) is 14.2. The van der Waals surface area contributed by atoms with Gasteiger partial charge in [0.25, 0.3) is 0 Å². The lowest BCUT2D eigenvalue weighted by Crippen LogP contribution is -2.25. The van der Waals surface area contributed by atoms with Gasteiger partial charge < -0.3 is 16.9 Å². The third-order valence-electron chi connectivity index (χ3n) is 4.72. The van der Waals surface area contributed by atoms with Crippen molar-refractivity contribution < 1.29 is 17.6 Å². The minimum atomic E-state index is -4.91. The van der Waals surface area contributed by atoms with Gasteiger partial charge >= 0.3 is 6.18 Å². The number of nitrogens with zero attached hydrogens (tertiary/aromatic N) is 1. The van der Waals surface area contributed by atoms with E-state index in [1.165, 1.54) is 0 Å². The molecule has 1 aromatic carbocycles. The molecule has 0 bridgehead atoms. The lowest BCUT2D eigenvalue weighted by Gasteiger charge is -2.24. The first-order chi connectivity index (χ1) is 12.7. The Morgan fingerprint density at radius 2 is 1.81 bits per heavy atom. The number of hydrogen-bond donors (Lipinski definition) is 4. The molecule has 3 rings (SSSR count). The molecule has 0 saturated heterocycles. The summed E-state index contributed by atoms with van der Waals surface area (Å²) >= 11 is 0. The van der Waals surface area contributed by atoms with Crippen LogP contribution in [0.5, 0.6) is 0 Å². The number of nitrogens with two attached hydrogens (primary N) is 2. The molecule has 1 aliphatic rings. The SMILES string of the molecule is N=Cc1c(N)cc(F)c2nc(/C(=C/N)C(=N)C(F)(F)F)c3c(c12)CCCC3. The number of anilines is 1. The second-order valence-corrected chi connectivity index (χ2v) is 6.31. The van der Waals surface area contributed by atoms with Crippen molar-refractivity contribution in [3.63, 3.8) is 0 Å². The molecule has 0 radical (unpaired) electrons. The average Bonchev–Trinajstić information content (AvgIpc) is 2.62. The summed E-state index contributed by atoms with van der Waals surface area (Å²) in [6.45, 7) is 0. The monoisotopic (exact) mass is 379 g/mol. The maximum Gasteiger partial charge on any atom is 0.433 e. The van der Waals surface area contributed by atoms with Gasteiger partial charge in [-0.05, 0) is 42.9 Å². The number of allylic oxidation sites excluding steroid dienone is 1. The summed E-state index contributed by atoms with van der Waals surface area (Å²) in [6, 6.07) is 0.996. The largest absolute Gasteiger partial charge is 0.433 e. The molecular formula is C18H17F4N5. The molecule has 0 fully saturated rings. The molecule has 2 aromatic rings. The van der Waals surface area contributed by atoms with Gasteiger partial charge in [-0.1, -0.05) is 0 Å². The predicted octanol–water partition coefficient (Wildman–Crippen LogP) is 3.71. The minimum absolute atomic E-state index is 0.0648. The Balaban J connectivity index is 2.43. The van der Waals surface area contributed by atoms with Crippen molar-refractivity contribution in [3.8, 4) is 0 Å². The molecule has 5 nitrogen and oxygen atoms in total. The van der Waals surface area contributed by atoms with Crippen molar-refractivity contribution in [1.29, 1.82) is 10.8 Å². The first kappa shape index (κ1) is 18.8. The van der Waals surface area contributed by atoms with Crippen LogP contribution < -0.4 is 11.5 Å². The number of aryl methyl sites for hydroxylation is 1. The highest BCUT2D eigenvalue weighted by Gasteiger charge is 2.39. The summed E-state index contributed by atoms with van der Waals surface area (Å²) in [4.78, 5) is 4.12. The summed E-state index contributed by atoms with van der Waals surface area (Å²) in [5.74, 6) is -0.794. The second-order valence-electron chi connectivity index (χ2n) is 6.31. The van der Waals surface area contributed by atoms with Gasteiger partial charge in [0.1, 0.15) is 11.2 Å². The molecule has 1 heterocycles. The van der Waals surface area contributed by atoms with Crippen LogP contribution >= 0.6 is 0 Å². The fourth-order valence-corrected chi connectivity index (χ4v) is 3.52. The van der Waals surface area contributed by atoms with Gasteiger partial charge in [0.15, 0.2) is 5.82 Å². The molecule has 1 aromatic heterocycles. The zero-order chi connectivity index (χ0) is 19.9. The number of nitrogens with one attached hydrogen (secondary N) is 2. The highest BCUT2D eigenvalue weighted by molar-refractivity contribution is 6.25.